The Labute approximate surface area is 169 Å². The Morgan fingerprint density at radius 3 is 2.86 bits per heavy atom. The summed E-state index contributed by atoms with van der Waals surface area (Å²) in [6, 6.07) is 3.54. The van der Waals surface area contributed by atoms with Gasteiger partial charge in [0.1, 0.15) is 5.58 Å². The number of carbonyl (C=O) groups is 1. The molecule has 1 aromatic heterocycles. The van der Waals surface area contributed by atoms with Gasteiger partial charge in [0, 0.05) is 17.5 Å². The van der Waals surface area contributed by atoms with Crippen LogP contribution >= 0.6 is 11.6 Å². The lowest BCUT2D eigenvalue weighted by Crippen LogP contribution is -2.48. The molecule has 1 aliphatic heterocycles. The average Bonchev–Trinajstić information content (AvgIpc) is 3.09. The molecule has 1 spiro atoms. The Balaban J connectivity index is 1.79. The molecule has 6 nitrogen and oxygen atoms in total. The number of rotatable bonds is 4. The van der Waals surface area contributed by atoms with Crippen molar-refractivity contribution in [2.45, 2.75) is 57.1 Å². The van der Waals surface area contributed by atoms with Crippen LogP contribution in [0.25, 0.3) is 11.0 Å². The Morgan fingerprint density at radius 2 is 2.14 bits per heavy atom. The molecule has 1 atom stereocenters. The minimum atomic E-state index is -0.569. The first kappa shape index (κ1) is 19.2. The van der Waals surface area contributed by atoms with E-state index < -0.39 is 6.10 Å². The van der Waals surface area contributed by atoms with Crippen molar-refractivity contribution in [3.63, 3.8) is 0 Å². The van der Waals surface area contributed by atoms with Crippen LogP contribution in [0.15, 0.2) is 28.9 Å². The summed E-state index contributed by atoms with van der Waals surface area (Å²) in [4.78, 5) is 12.5. The van der Waals surface area contributed by atoms with E-state index in [1.165, 1.54) is 6.42 Å². The van der Waals surface area contributed by atoms with Gasteiger partial charge in [-0.05, 0) is 31.4 Å². The zero-order valence-electron chi connectivity index (χ0n) is 16.0. The van der Waals surface area contributed by atoms with Gasteiger partial charge in [-0.1, -0.05) is 44.4 Å². The molecule has 2 aromatic rings. The van der Waals surface area contributed by atoms with Crippen LogP contribution in [0.3, 0.4) is 0 Å². The van der Waals surface area contributed by atoms with Crippen molar-refractivity contribution in [2.24, 2.45) is 0 Å². The maximum absolute atomic E-state index is 12.5. The fraction of sp³-hybridized carbons (Fsp3) is 0.476. The second kappa shape index (κ2) is 7.33. The molecule has 0 bridgehead atoms. The van der Waals surface area contributed by atoms with Gasteiger partial charge in [0.15, 0.2) is 5.76 Å². The number of aliphatic hydroxyl groups excluding tert-OH is 1. The number of halogens is 1. The van der Waals surface area contributed by atoms with E-state index in [4.69, 9.17) is 16.0 Å². The van der Waals surface area contributed by atoms with Gasteiger partial charge in [-0.15, -0.1) is 0 Å². The highest BCUT2D eigenvalue weighted by Crippen LogP contribution is 2.49. The van der Waals surface area contributed by atoms with Gasteiger partial charge >= 0.3 is 0 Å². The number of hydrogen-bond donors (Lipinski definition) is 4. The Morgan fingerprint density at radius 1 is 1.39 bits per heavy atom. The van der Waals surface area contributed by atoms with E-state index >= 15 is 0 Å². The highest BCUT2D eigenvalue weighted by molar-refractivity contribution is 6.34. The Kier molecular flexibility index (Phi) is 5.02. The third-order valence-electron chi connectivity index (χ3n) is 5.80. The van der Waals surface area contributed by atoms with Gasteiger partial charge in [0.25, 0.3) is 5.91 Å². The van der Waals surface area contributed by atoms with Gasteiger partial charge < -0.3 is 25.5 Å². The number of carbonyl (C=O) groups excluding carboxylic acids is 1. The van der Waals surface area contributed by atoms with Crippen LogP contribution in [-0.4, -0.2) is 23.7 Å². The lowest BCUT2D eigenvalue weighted by Gasteiger charge is -2.44. The second-order valence-corrected chi connectivity index (χ2v) is 8.19. The number of amides is 1. The van der Waals surface area contributed by atoms with Crippen molar-refractivity contribution in [1.82, 2.24) is 10.6 Å². The van der Waals surface area contributed by atoms with Crippen LogP contribution in [0.2, 0.25) is 5.02 Å². The molecular weight excluding hydrogens is 378 g/mol. The maximum atomic E-state index is 12.5. The third kappa shape index (κ3) is 3.25. The van der Waals surface area contributed by atoms with Crippen LogP contribution in [0.5, 0.6) is 0 Å². The van der Waals surface area contributed by atoms with E-state index in [1.54, 1.807) is 6.07 Å². The first-order valence-corrected chi connectivity index (χ1v) is 10.3. The van der Waals surface area contributed by atoms with Crippen LogP contribution in [0, 0.1) is 0 Å². The topological polar surface area (TPSA) is 86.5 Å². The molecule has 28 heavy (non-hydrogen) atoms. The zero-order chi connectivity index (χ0) is 19.9. The maximum Gasteiger partial charge on any atom is 0.287 e. The molecule has 1 unspecified atom stereocenters. The van der Waals surface area contributed by atoms with Crippen molar-refractivity contribution in [3.05, 3.63) is 40.9 Å². The van der Waals surface area contributed by atoms with E-state index in [0.717, 1.165) is 48.1 Å². The molecule has 2 aliphatic rings. The van der Waals surface area contributed by atoms with E-state index in [9.17, 15) is 9.90 Å². The predicted molar refractivity (Wildman–Crippen MR) is 111 cm³/mol. The summed E-state index contributed by atoms with van der Waals surface area (Å²) in [5, 5.41) is 20.6. The third-order valence-corrected chi connectivity index (χ3v) is 6.10. The van der Waals surface area contributed by atoms with Crippen molar-refractivity contribution in [2.75, 3.05) is 11.9 Å². The van der Waals surface area contributed by atoms with Crippen LogP contribution < -0.4 is 16.0 Å². The number of anilines is 1. The smallest absolute Gasteiger partial charge is 0.287 e. The Bertz CT molecular complexity index is 931. The van der Waals surface area contributed by atoms with E-state index in [2.05, 4.69) is 22.5 Å². The lowest BCUT2D eigenvalue weighted by molar-refractivity contribution is 0.0888. The highest BCUT2D eigenvalue weighted by atomic mass is 35.5. The molecule has 4 N–H and O–H groups in total. The molecule has 1 saturated carbocycles. The average molecular weight is 404 g/mol. The molecule has 0 radical (unpaired) electrons. The number of nitrogens with one attached hydrogen (secondary N) is 3. The second-order valence-electron chi connectivity index (χ2n) is 7.78. The fourth-order valence-electron chi connectivity index (χ4n) is 4.35. The van der Waals surface area contributed by atoms with Gasteiger partial charge in [-0.25, -0.2) is 0 Å². The lowest BCUT2D eigenvalue weighted by atomic mass is 9.74. The quantitative estimate of drug-likeness (QED) is 0.613. The first-order valence-electron chi connectivity index (χ1n) is 9.90. The highest BCUT2D eigenvalue weighted by Gasteiger charge is 2.42. The van der Waals surface area contributed by atoms with E-state index in [0.29, 0.717) is 17.0 Å². The monoisotopic (exact) mass is 403 g/mol. The molecule has 1 aromatic carbocycles. The van der Waals surface area contributed by atoms with Crippen LogP contribution in [0.4, 0.5) is 5.69 Å². The van der Waals surface area contributed by atoms with Crippen molar-refractivity contribution < 1.29 is 14.3 Å². The number of fused-ring (bicyclic) bond motifs is 4. The minimum Gasteiger partial charge on any atom is -0.450 e. The molecule has 7 heteroatoms. The number of aliphatic hydroxyl groups is 1. The SMILES string of the molecule is C=C1Nc2c(Cl)cc3cc(C(=O)NCC(O)CC)oc3c2C2(CCCCC2)N1. The summed E-state index contributed by atoms with van der Waals surface area (Å²) in [5.74, 6) is 0.610. The summed E-state index contributed by atoms with van der Waals surface area (Å²) in [6.07, 6.45) is 5.34. The fourth-order valence-corrected chi connectivity index (χ4v) is 4.61. The van der Waals surface area contributed by atoms with Crippen molar-refractivity contribution in [1.29, 1.82) is 0 Å². The largest absolute Gasteiger partial charge is 0.450 e. The molecule has 4 rings (SSSR count). The van der Waals surface area contributed by atoms with Crippen molar-refractivity contribution in [3.8, 4) is 0 Å². The van der Waals surface area contributed by atoms with Crippen molar-refractivity contribution >= 4 is 34.2 Å². The van der Waals surface area contributed by atoms with Gasteiger partial charge in [0.2, 0.25) is 0 Å². The molecule has 1 amide bonds. The number of hydrogen-bond acceptors (Lipinski definition) is 5. The molecule has 1 fully saturated rings. The van der Waals surface area contributed by atoms with Gasteiger partial charge in [-0.2, -0.15) is 0 Å². The summed E-state index contributed by atoms with van der Waals surface area (Å²) in [7, 11) is 0. The molecule has 2 heterocycles. The van der Waals surface area contributed by atoms with Crippen LogP contribution in [-0.2, 0) is 5.54 Å². The minimum absolute atomic E-state index is 0.193. The number of benzene rings is 1. The van der Waals surface area contributed by atoms with E-state index in [1.807, 2.05) is 13.0 Å². The standard InChI is InChI=1S/C21H26ClN3O3/c1-3-14(26)11-23-20(27)16-10-13-9-15(22)18-17(19(13)28-16)21(25-12(2)24-18)7-5-4-6-8-21/h9-10,14,24-26H,2-8,11H2,1H3,(H,23,27). The van der Waals surface area contributed by atoms with Crippen LogP contribution in [0.1, 0.15) is 61.6 Å². The normalized spacial score (nSPS) is 19.0. The Hall–Kier alpha value is -2.18. The summed E-state index contributed by atoms with van der Waals surface area (Å²) in [5.41, 5.74) is 2.18. The number of furan rings is 1. The molecule has 1 aliphatic carbocycles. The summed E-state index contributed by atoms with van der Waals surface area (Å²) < 4.78 is 6.05. The summed E-state index contributed by atoms with van der Waals surface area (Å²) in [6.45, 7) is 6.12. The summed E-state index contributed by atoms with van der Waals surface area (Å²) >= 11 is 6.59. The molecular formula is C21H26ClN3O3. The van der Waals surface area contributed by atoms with E-state index in [-0.39, 0.29) is 23.8 Å². The van der Waals surface area contributed by atoms with Gasteiger partial charge in [0.05, 0.1) is 28.2 Å². The predicted octanol–water partition coefficient (Wildman–Crippen LogP) is 4.23. The zero-order valence-corrected chi connectivity index (χ0v) is 16.8. The molecule has 150 valence electrons. The molecule has 0 saturated heterocycles. The first-order chi connectivity index (χ1) is 13.4. The van der Waals surface area contributed by atoms with Gasteiger partial charge in [-0.3, -0.25) is 4.79 Å².